The van der Waals surface area contributed by atoms with E-state index >= 15 is 0 Å². The summed E-state index contributed by atoms with van der Waals surface area (Å²) >= 11 is 0. The van der Waals surface area contributed by atoms with E-state index in [1.165, 1.54) is 24.8 Å². The van der Waals surface area contributed by atoms with Crippen LogP contribution in [0.3, 0.4) is 0 Å². The largest absolute Gasteiger partial charge is 0.370 e. The first kappa shape index (κ1) is 13.9. The summed E-state index contributed by atoms with van der Waals surface area (Å²) in [5.74, 6) is 1.97. The van der Waals surface area contributed by atoms with Gasteiger partial charge in [0.1, 0.15) is 18.0 Å². The number of nitrogens with one attached hydrogen (secondary N) is 1. The van der Waals surface area contributed by atoms with E-state index in [0.717, 1.165) is 37.7 Å². The molecule has 2 aromatic rings. The van der Waals surface area contributed by atoms with Crippen LogP contribution in [0, 0.1) is 0 Å². The van der Waals surface area contributed by atoms with Crippen molar-refractivity contribution in [2.24, 2.45) is 0 Å². The van der Waals surface area contributed by atoms with Crippen LogP contribution in [0.25, 0.3) is 0 Å². The number of nitrogens with zero attached hydrogens (tertiary/aromatic N) is 3. The second-order valence-corrected chi connectivity index (χ2v) is 5.47. The van der Waals surface area contributed by atoms with Gasteiger partial charge in [0.2, 0.25) is 0 Å². The lowest BCUT2D eigenvalue weighted by atomic mass is 10.1. The van der Waals surface area contributed by atoms with Gasteiger partial charge < -0.3 is 10.2 Å². The van der Waals surface area contributed by atoms with Crippen molar-refractivity contribution in [3.05, 3.63) is 48.3 Å². The number of hydrogen-bond acceptors (Lipinski definition) is 4. The molecule has 1 N–H and O–H groups in total. The summed E-state index contributed by atoms with van der Waals surface area (Å²) in [6, 6.07) is 12.6. The monoisotopic (exact) mass is 282 g/mol. The molecule has 0 spiro atoms. The normalized spacial score (nSPS) is 15.0. The molecule has 1 fully saturated rings. The van der Waals surface area contributed by atoms with Crippen molar-refractivity contribution < 1.29 is 0 Å². The second kappa shape index (κ2) is 7.07. The van der Waals surface area contributed by atoms with E-state index in [-0.39, 0.29) is 0 Å². The van der Waals surface area contributed by atoms with Gasteiger partial charge in [0.25, 0.3) is 0 Å². The molecule has 4 heteroatoms. The quantitative estimate of drug-likeness (QED) is 0.915. The van der Waals surface area contributed by atoms with Crippen LogP contribution in [0.15, 0.2) is 42.7 Å². The van der Waals surface area contributed by atoms with Gasteiger partial charge in [-0.1, -0.05) is 30.3 Å². The third-order valence-electron chi connectivity index (χ3n) is 3.90. The first-order chi connectivity index (χ1) is 10.4. The summed E-state index contributed by atoms with van der Waals surface area (Å²) in [6.07, 6.45) is 6.53. The molecule has 0 unspecified atom stereocenters. The van der Waals surface area contributed by atoms with Gasteiger partial charge in [-0.3, -0.25) is 0 Å². The lowest BCUT2D eigenvalue weighted by Gasteiger charge is -2.27. The molecule has 0 bridgehead atoms. The van der Waals surface area contributed by atoms with Crippen molar-refractivity contribution in [3.8, 4) is 0 Å². The topological polar surface area (TPSA) is 41.0 Å². The van der Waals surface area contributed by atoms with E-state index in [1.807, 2.05) is 6.07 Å². The Bertz CT molecular complexity index is 550. The van der Waals surface area contributed by atoms with Gasteiger partial charge >= 0.3 is 0 Å². The maximum absolute atomic E-state index is 4.40. The van der Waals surface area contributed by atoms with Gasteiger partial charge in [0, 0.05) is 25.7 Å². The van der Waals surface area contributed by atoms with Crippen molar-refractivity contribution >= 4 is 11.6 Å². The van der Waals surface area contributed by atoms with Gasteiger partial charge in [0.15, 0.2) is 0 Å². The van der Waals surface area contributed by atoms with Crippen molar-refractivity contribution in [1.82, 2.24) is 9.97 Å². The van der Waals surface area contributed by atoms with Gasteiger partial charge in [-0.15, -0.1) is 0 Å². The van der Waals surface area contributed by atoms with Crippen LogP contribution in [-0.4, -0.2) is 29.6 Å². The van der Waals surface area contributed by atoms with Crippen LogP contribution < -0.4 is 10.2 Å². The molecule has 0 radical (unpaired) electrons. The summed E-state index contributed by atoms with van der Waals surface area (Å²) in [5.41, 5.74) is 1.34. The highest BCUT2D eigenvalue weighted by atomic mass is 15.2. The summed E-state index contributed by atoms with van der Waals surface area (Å²) in [7, 11) is 0. The molecule has 4 nitrogen and oxygen atoms in total. The van der Waals surface area contributed by atoms with Crippen molar-refractivity contribution in [2.45, 2.75) is 25.7 Å². The molecule has 0 saturated carbocycles. The van der Waals surface area contributed by atoms with E-state index < -0.39 is 0 Å². The third kappa shape index (κ3) is 3.94. The Hall–Kier alpha value is -2.10. The Morgan fingerprint density at radius 3 is 2.62 bits per heavy atom. The molecule has 110 valence electrons. The van der Waals surface area contributed by atoms with Crippen LogP contribution in [0.2, 0.25) is 0 Å². The standard InChI is InChI=1S/C17H22N4/c1-3-7-15(8-4-1)9-10-18-16-13-17(20-14-19-16)21-11-5-2-6-12-21/h1,3-4,7-8,13-14H,2,5-6,9-12H2,(H,18,19,20). The molecule has 1 saturated heterocycles. The van der Waals surface area contributed by atoms with Crippen LogP contribution in [0.1, 0.15) is 24.8 Å². The Morgan fingerprint density at radius 2 is 1.81 bits per heavy atom. The third-order valence-corrected chi connectivity index (χ3v) is 3.90. The predicted molar refractivity (Wildman–Crippen MR) is 86.7 cm³/mol. The summed E-state index contributed by atoms with van der Waals surface area (Å²) in [6.45, 7) is 3.11. The smallest absolute Gasteiger partial charge is 0.134 e. The second-order valence-electron chi connectivity index (χ2n) is 5.47. The Morgan fingerprint density at radius 1 is 1.00 bits per heavy atom. The average Bonchev–Trinajstić information content (AvgIpc) is 2.57. The van der Waals surface area contributed by atoms with Crippen molar-refractivity contribution in [2.75, 3.05) is 29.9 Å². The number of aromatic nitrogens is 2. The highest BCUT2D eigenvalue weighted by Crippen LogP contribution is 2.19. The summed E-state index contributed by atoms with van der Waals surface area (Å²) < 4.78 is 0. The van der Waals surface area contributed by atoms with Crippen LogP contribution in [0.4, 0.5) is 11.6 Å². The fourth-order valence-corrected chi connectivity index (χ4v) is 2.72. The van der Waals surface area contributed by atoms with Crippen LogP contribution >= 0.6 is 0 Å². The zero-order chi connectivity index (χ0) is 14.3. The minimum Gasteiger partial charge on any atom is -0.370 e. The van der Waals surface area contributed by atoms with Gasteiger partial charge in [-0.2, -0.15) is 0 Å². The van der Waals surface area contributed by atoms with Crippen molar-refractivity contribution in [1.29, 1.82) is 0 Å². The SMILES string of the molecule is c1ccc(CCNc2cc(N3CCCCC3)ncn2)cc1. The lowest BCUT2D eigenvalue weighted by Crippen LogP contribution is -2.30. The van der Waals surface area contributed by atoms with E-state index in [9.17, 15) is 0 Å². The van der Waals surface area contributed by atoms with Crippen molar-refractivity contribution in [3.63, 3.8) is 0 Å². The first-order valence-electron chi connectivity index (χ1n) is 7.76. The average molecular weight is 282 g/mol. The minimum absolute atomic E-state index is 0.889. The van der Waals surface area contributed by atoms with Crippen LogP contribution in [0.5, 0.6) is 0 Å². The van der Waals surface area contributed by atoms with Crippen LogP contribution in [-0.2, 0) is 6.42 Å². The molecule has 0 aliphatic carbocycles. The molecular weight excluding hydrogens is 260 g/mol. The highest BCUT2D eigenvalue weighted by Gasteiger charge is 2.12. The van der Waals surface area contributed by atoms with E-state index in [2.05, 4.69) is 50.5 Å². The van der Waals surface area contributed by atoms with E-state index in [0.29, 0.717) is 0 Å². The molecule has 0 amide bonds. The maximum atomic E-state index is 4.40. The number of piperidine rings is 1. The zero-order valence-corrected chi connectivity index (χ0v) is 12.3. The lowest BCUT2D eigenvalue weighted by molar-refractivity contribution is 0.573. The molecule has 2 heterocycles. The minimum atomic E-state index is 0.889. The van der Waals surface area contributed by atoms with Gasteiger partial charge in [-0.05, 0) is 31.2 Å². The number of hydrogen-bond donors (Lipinski definition) is 1. The molecule has 21 heavy (non-hydrogen) atoms. The predicted octanol–water partition coefficient (Wildman–Crippen LogP) is 3.12. The Kier molecular flexibility index (Phi) is 4.66. The number of benzene rings is 1. The number of anilines is 2. The Balaban J connectivity index is 1.55. The first-order valence-corrected chi connectivity index (χ1v) is 7.76. The molecule has 1 aliphatic heterocycles. The highest BCUT2D eigenvalue weighted by molar-refractivity contribution is 5.48. The van der Waals surface area contributed by atoms with E-state index in [1.54, 1.807) is 6.33 Å². The molecule has 1 aliphatic rings. The van der Waals surface area contributed by atoms with Gasteiger partial charge in [0.05, 0.1) is 0 Å². The molecule has 1 aromatic heterocycles. The zero-order valence-electron chi connectivity index (χ0n) is 12.3. The fraction of sp³-hybridized carbons (Fsp3) is 0.412. The molecule has 1 aromatic carbocycles. The van der Waals surface area contributed by atoms with E-state index in [4.69, 9.17) is 0 Å². The summed E-state index contributed by atoms with van der Waals surface area (Å²) in [5, 5.41) is 3.39. The molecule has 0 atom stereocenters. The molecule has 3 rings (SSSR count). The Labute approximate surface area is 126 Å². The molecular formula is C17H22N4. The maximum Gasteiger partial charge on any atom is 0.134 e. The summed E-state index contributed by atoms with van der Waals surface area (Å²) in [4.78, 5) is 11.1. The van der Waals surface area contributed by atoms with Gasteiger partial charge in [-0.25, -0.2) is 9.97 Å². The fourth-order valence-electron chi connectivity index (χ4n) is 2.72. The number of rotatable bonds is 5.